The molecular weight excluding hydrogens is 360 g/mol. The van der Waals surface area contributed by atoms with Gasteiger partial charge in [0.2, 0.25) is 0 Å². The molecule has 2 nitrogen and oxygen atoms in total. The molecule has 0 aliphatic heterocycles. The van der Waals surface area contributed by atoms with E-state index in [0.717, 1.165) is 12.1 Å². The van der Waals surface area contributed by atoms with Gasteiger partial charge in [0, 0.05) is 0 Å². The Morgan fingerprint density at radius 1 is 1.21 bits per heavy atom. The van der Waals surface area contributed by atoms with E-state index in [-0.39, 0.29) is 22.4 Å². The maximum Gasteiger partial charge on any atom is 0.455 e. The van der Waals surface area contributed by atoms with E-state index in [9.17, 15) is 22.0 Å². The molecule has 1 aromatic rings. The van der Waals surface area contributed by atoms with Crippen LogP contribution in [-0.2, 0) is 0 Å². The molecule has 0 aliphatic carbocycles. The molecule has 0 saturated heterocycles. The van der Waals surface area contributed by atoms with Crippen molar-refractivity contribution in [3.8, 4) is 5.75 Å². The van der Waals surface area contributed by atoms with Crippen LogP contribution in [0.4, 0.5) is 22.0 Å². The molecule has 0 unspecified atom stereocenters. The van der Waals surface area contributed by atoms with Crippen molar-refractivity contribution in [2.45, 2.75) is 18.1 Å². The number of hydrogen-bond donors (Lipinski definition) is 1. The van der Waals surface area contributed by atoms with Gasteiger partial charge in [0.05, 0.1) is 11.6 Å². The van der Waals surface area contributed by atoms with Gasteiger partial charge >= 0.3 is 12.1 Å². The van der Waals surface area contributed by atoms with Crippen molar-refractivity contribution in [1.29, 1.82) is 0 Å². The number of ether oxygens (including phenoxy) is 1. The molecule has 0 bridgehead atoms. The second kappa shape index (κ2) is 6.23. The van der Waals surface area contributed by atoms with Crippen molar-refractivity contribution in [2.75, 3.05) is 7.11 Å². The third kappa shape index (κ3) is 3.70. The van der Waals surface area contributed by atoms with Crippen molar-refractivity contribution >= 4 is 28.3 Å². The van der Waals surface area contributed by atoms with Crippen molar-refractivity contribution in [1.82, 2.24) is 0 Å². The molecule has 1 atom stereocenters. The fraction of sp³-hybridized carbons (Fsp3) is 0.400. The maximum atomic E-state index is 13.0. The molecule has 110 valence electrons. The highest BCUT2D eigenvalue weighted by Gasteiger charge is 2.61. The minimum absolute atomic E-state index is 0. The van der Waals surface area contributed by atoms with Crippen LogP contribution in [0.5, 0.6) is 5.75 Å². The maximum absolute atomic E-state index is 13.0. The first-order chi connectivity index (χ1) is 8.11. The zero-order valence-corrected chi connectivity index (χ0v) is 11.9. The van der Waals surface area contributed by atoms with Gasteiger partial charge in [-0.25, -0.2) is 0 Å². The Bertz CT molecular complexity index is 440. The van der Waals surface area contributed by atoms with E-state index in [1.165, 1.54) is 13.2 Å². The van der Waals surface area contributed by atoms with E-state index in [1.54, 1.807) is 0 Å². The SMILES string of the molecule is COc1ccc([C@H](N)C(F)(F)C(F)(F)F)cc1Br.Cl. The van der Waals surface area contributed by atoms with E-state index < -0.39 is 18.1 Å². The van der Waals surface area contributed by atoms with Gasteiger partial charge in [-0.15, -0.1) is 12.4 Å². The van der Waals surface area contributed by atoms with Crippen LogP contribution in [0, 0.1) is 0 Å². The Hall–Kier alpha value is -0.600. The Balaban J connectivity index is 0.00000324. The van der Waals surface area contributed by atoms with Gasteiger partial charge in [-0.3, -0.25) is 0 Å². The molecule has 0 amide bonds. The molecule has 19 heavy (non-hydrogen) atoms. The Morgan fingerprint density at radius 2 is 1.74 bits per heavy atom. The van der Waals surface area contributed by atoms with Gasteiger partial charge in [-0.05, 0) is 33.6 Å². The highest BCUT2D eigenvalue weighted by Crippen LogP contribution is 2.44. The van der Waals surface area contributed by atoms with Gasteiger partial charge in [-0.1, -0.05) is 6.07 Å². The lowest BCUT2D eigenvalue weighted by atomic mass is 10.0. The molecule has 9 heteroatoms. The predicted molar refractivity (Wildman–Crippen MR) is 65.9 cm³/mol. The van der Waals surface area contributed by atoms with Gasteiger partial charge in [0.1, 0.15) is 11.8 Å². The van der Waals surface area contributed by atoms with Gasteiger partial charge < -0.3 is 10.5 Å². The van der Waals surface area contributed by atoms with Crippen molar-refractivity contribution in [3.05, 3.63) is 28.2 Å². The summed E-state index contributed by atoms with van der Waals surface area (Å²) in [5.74, 6) is -4.69. The number of hydrogen-bond acceptors (Lipinski definition) is 2. The summed E-state index contributed by atoms with van der Waals surface area (Å²) in [7, 11) is 1.34. The minimum atomic E-state index is -5.70. The molecule has 0 saturated carbocycles. The smallest absolute Gasteiger partial charge is 0.455 e. The Labute approximate surface area is 120 Å². The van der Waals surface area contributed by atoms with Crippen LogP contribution in [0.3, 0.4) is 0 Å². The quantitative estimate of drug-likeness (QED) is 0.814. The monoisotopic (exact) mass is 369 g/mol. The van der Waals surface area contributed by atoms with Crippen LogP contribution in [0.15, 0.2) is 22.7 Å². The van der Waals surface area contributed by atoms with Crippen molar-refractivity contribution < 1.29 is 26.7 Å². The zero-order chi connectivity index (χ0) is 14.1. The van der Waals surface area contributed by atoms with E-state index in [2.05, 4.69) is 15.9 Å². The number of benzene rings is 1. The molecule has 0 heterocycles. The summed E-state index contributed by atoms with van der Waals surface area (Å²) in [5.41, 5.74) is 4.65. The average molecular weight is 371 g/mol. The van der Waals surface area contributed by atoms with Crippen LogP contribution in [0.25, 0.3) is 0 Å². The largest absolute Gasteiger partial charge is 0.496 e. The molecule has 1 rings (SSSR count). The van der Waals surface area contributed by atoms with Crippen LogP contribution in [0.1, 0.15) is 11.6 Å². The molecular formula is C10H10BrClF5NO. The first-order valence-corrected chi connectivity index (χ1v) is 5.44. The number of nitrogens with two attached hydrogens (primary N) is 1. The average Bonchev–Trinajstić information content (AvgIpc) is 2.26. The van der Waals surface area contributed by atoms with Crippen LogP contribution in [0.2, 0.25) is 0 Å². The van der Waals surface area contributed by atoms with Crippen LogP contribution in [-0.4, -0.2) is 19.2 Å². The predicted octanol–water partition coefficient (Wildman–Crippen LogP) is 4.08. The van der Waals surface area contributed by atoms with E-state index in [1.807, 2.05) is 0 Å². The molecule has 0 spiro atoms. The van der Waals surface area contributed by atoms with Gasteiger partial charge in [-0.2, -0.15) is 22.0 Å². The fourth-order valence-corrected chi connectivity index (χ4v) is 1.82. The summed E-state index contributed by atoms with van der Waals surface area (Å²) in [5, 5.41) is 0. The second-order valence-corrected chi connectivity index (χ2v) is 4.35. The lowest BCUT2D eigenvalue weighted by molar-refractivity contribution is -0.291. The third-order valence-corrected chi connectivity index (χ3v) is 2.92. The third-order valence-electron chi connectivity index (χ3n) is 2.30. The number of rotatable bonds is 3. The molecule has 2 N–H and O–H groups in total. The molecule has 0 radical (unpaired) electrons. The number of alkyl halides is 5. The second-order valence-electron chi connectivity index (χ2n) is 3.49. The normalized spacial score (nSPS) is 13.7. The van der Waals surface area contributed by atoms with E-state index in [0.29, 0.717) is 5.75 Å². The summed E-state index contributed by atoms with van der Waals surface area (Å²) in [6, 6.07) is 0.919. The first-order valence-electron chi connectivity index (χ1n) is 4.64. The summed E-state index contributed by atoms with van der Waals surface area (Å²) < 4.78 is 67.6. The molecule has 1 aromatic carbocycles. The molecule has 0 aliphatic rings. The van der Waals surface area contributed by atoms with Crippen molar-refractivity contribution in [3.63, 3.8) is 0 Å². The van der Waals surface area contributed by atoms with Crippen molar-refractivity contribution in [2.24, 2.45) is 5.73 Å². The van der Waals surface area contributed by atoms with Crippen LogP contribution >= 0.6 is 28.3 Å². The lowest BCUT2D eigenvalue weighted by Crippen LogP contribution is -2.45. The lowest BCUT2D eigenvalue weighted by Gasteiger charge is -2.26. The minimum Gasteiger partial charge on any atom is -0.496 e. The summed E-state index contributed by atoms with van der Waals surface area (Å²) in [6.45, 7) is 0. The Kier molecular flexibility index (Phi) is 6.04. The van der Waals surface area contributed by atoms with E-state index in [4.69, 9.17) is 10.5 Å². The van der Waals surface area contributed by atoms with Gasteiger partial charge in [0.15, 0.2) is 0 Å². The Morgan fingerprint density at radius 3 is 2.11 bits per heavy atom. The highest BCUT2D eigenvalue weighted by atomic mass is 79.9. The summed E-state index contributed by atoms with van der Waals surface area (Å²) >= 11 is 2.99. The van der Waals surface area contributed by atoms with Crippen LogP contribution < -0.4 is 10.5 Å². The fourth-order valence-electron chi connectivity index (χ4n) is 1.26. The summed E-state index contributed by atoms with van der Waals surface area (Å²) in [4.78, 5) is 0. The first kappa shape index (κ1) is 18.4. The standard InChI is InChI=1S/C10H9BrF5NO.ClH/c1-18-7-3-2-5(4-6(7)11)8(17)9(12,13)10(14,15)16;/h2-4,8H,17H2,1H3;1H/t8-;/m0./s1. The van der Waals surface area contributed by atoms with E-state index >= 15 is 0 Å². The topological polar surface area (TPSA) is 35.2 Å². The van der Waals surface area contributed by atoms with Gasteiger partial charge in [0.25, 0.3) is 0 Å². The zero-order valence-electron chi connectivity index (χ0n) is 9.47. The molecule has 0 aromatic heterocycles. The summed E-state index contributed by atoms with van der Waals surface area (Å²) in [6.07, 6.45) is -5.70. The highest BCUT2D eigenvalue weighted by molar-refractivity contribution is 9.10. The number of methoxy groups -OCH3 is 1. The molecule has 0 fully saturated rings. The number of halogens is 7.